The van der Waals surface area contributed by atoms with Crippen molar-refractivity contribution >= 4 is 10.8 Å². The molecule has 29 heavy (non-hydrogen) atoms. The molecule has 3 heteroatoms. The zero-order chi connectivity index (χ0) is 20.6. The van der Waals surface area contributed by atoms with E-state index in [2.05, 4.69) is 25.1 Å². The second-order valence-corrected chi connectivity index (χ2v) is 7.98. The minimum absolute atomic E-state index is 0.0313. The van der Waals surface area contributed by atoms with Crippen molar-refractivity contribution < 1.29 is 15.3 Å². The Bertz CT molecular complexity index is 946. The molecule has 0 amide bonds. The maximum Gasteiger partial charge on any atom is 0.124 e. The predicted molar refractivity (Wildman–Crippen MR) is 121 cm³/mol. The molecule has 3 aromatic carbocycles. The van der Waals surface area contributed by atoms with E-state index in [1.54, 1.807) is 6.07 Å². The highest BCUT2D eigenvalue weighted by atomic mass is 16.3. The lowest BCUT2D eigenvalue weighted by molar-refractivity contribution is 0.459. The van der Waals surface area contributed by atoms with Crippen LogP contribution in [0.4, 0.5) is 0 Å². The van der Waals surface area contributed by atoms with E-state index in [0.29, 0.717) is 11.1 Å². The van der Waals surface area contributed by atoms with Crippen LogP contribution < -0.4 is 0 Å². The largest absolute Gasteiger partial charge is 0.508 e. The zero-order valence-corrected chi connectivity index (χ0v) is 17.3. The van der Waals surface area contributed by atoms with Crippen molar-refractivity contribution in [2.75, 3.05) is 0 Å². The molecule has 154 valence electrons. The molecule has 0 unspecified atom stereocenters. The van der Waals surface area contributed by atoms with Crippen LogP contribution in [-0.2, 0) is 6.42 Å². The van der Waals surface area contributed by atoms with E-state index in [-0.39, 0.29) is 17.2 Å². The van der Waals surface area contributed by atoms with Gasteiger partial charge in [-0.05, 0) is 59.5 Å². The van der Waals surface area contributed by atoms with Crippen molar-refractivity contribution in [3.05, 3.63) is 54.1 Å². The lowest BCUT2D eigenvalue weighted by Gasteiger charge is -2.11. The van der Waals surface area contributed by atoms with Gasteiger partial charge in [0.25, 0.3) is 0 Å². The van der Waals surface area contributed by atoms with Crippen LogP contribution in [0.2, 0.25) is 0 Å². The smallest absolute Gasteiger partial charge is 0.124 e. The van der Waals surface area contributed by atoms with Crippen LogP contribution in [-0.4, -0.2) is 15.3 Å². The number of rotatable bonds is 10. The summed E-state index contributed by atoms with van der Waals surface area (Å²) in [5.74, 6) is 0.185. The summed E-state index contributed by atoms with van der Waals surface area (Å²) in [6, 6.07) is 14.3. The van der Waals surface area contributed by atoms with Gasteiger partial charge in [-0.15, -0.1) is 0 Å². The van der Waals surface area contributed by atoms with Gasteiger partial charge < -0.3 is 15.3 Å². The Balaban J connectivity index is 1.64. The van der Waals surface area contributed by atoms with Gasteiger partial charge in [0.05, 0.1) is 0 Å². The Morgan fingerprint density at radius 2 is 1.28 bits per heavy atom. The van der Waals surface area contributed by atoms with Gasteiger partial charge in [0, 0.05) is 11.1 Å². The van der Waals surface area contributed by atoms with Crippen LogP contribution in [0.1, 0.15) is 63.9 Å². The van der Waals surface area contributed by atoms with E-state index in [1.165, 1.54) is 75.1 Å². The molecule has 0 fully saturated rings. The topological polar surface area (TPSA) is 60.7 Å². The number of hydrogen-bond acceptors (Lipinski definition) is 3. The van der Waals surface area contributed by atoms with E-state index in [1.807, 2.05) is 6.07 Å². The van der Waals surface area contributed by atoms with E-state index in [0.717, 1.165) is 17.2 Å². The lowest BCUT2D eigenvalue weighted by atomic mass is 9.96. The highest BCUT2D eigenvalue weighted by molar-refractivity contribution is 5.92. The summed E-state index contributed by atoms with van der Waals surface area (Å²) in [5, 5.41) is 32.3. The van der Waals surface area contributed by atoms with Crippen molar-refractivity contribution in [3.8, 4) is 28.4 Å². The average Bonchev–Trinajstić information content (AvgIpc) is 2.71. The molecule has 0 heterocycles. The minimum atomic E-state index is 0.0313. The standard InChI is InChI=1S/C26H32O3/c1-2-3-4-5-6-7-8-9-10-19-11-12-20-16-23(26(29)17-21(20)15-19)24-18-22(27)13-14-25(24)28/h11-18,27-29H,2-10H2,1H3. The molecule has 0 aliphatic heterocycles. The first-order valence-electron chi connectivity index (χ1n) is 10.9. The van der Waals surface area contributed by atoms with Gasteiger partial charge in [-0.1, -0.05) is 70.1 Å². The number of benzene rings is 3. The molecule has 0 saturated carbocycles. The van der Waals surface area contributed by atoms with Gasteiger partial charge in [-0.25, -0.2) is 0 Å². The molecule has 3 N–H and O–H groups in total. The van der Waals surface area contributed by atoms with Gasteiger partial charge in [0.2, 0.25) is 0 Å². The Kier molecular flexibility index (Phi) is 7.40. The van der Waals surface area contributed by atoms with Crippen LogP contribution in [0, 0.1) is 0 Å². The fourth-order valence-corrected chi connectivity index (χ4v) is 3.91. The highest BCUT2D eigenvalue weighted by Crippen LogP contribution is 2.39. The Labute approximate surface area is 173 Å². The minimum Gasteiger partial charge on any atom is -0.508 e. The van der Waals surface area contributed by atoms with Crippen LogP contribution in [0.5, 0.6) is 17.2 Å². The van der Waals surface area contributed by atoms with Gasteiger partial charge >= 0.3 is 0 Å². The molecule has 0 bridgehead atoms. The number of hydrogen-bond donors (Lipinski definition) is 3. The fourth-order valence-electron chi connectivity index (χ4n) is 3.91. The average molecular weight is 393 g/mol. The van der Waals surface area contributed by atoms with Gasteiger partial charge in [0.15, 0.2) is 0 Å². The summed E-state index contributed by atoms with van der Waals surface area (Å²) < 4.78 is 0. The number of aryl methyl sites for hydroxylation is 1. The van der Waals surface area contributed by atoms with Crippen molar-refractivity contribution in [2.24, 2.45) is 0 Å². The summed E-state index contributed by atoms with van der Waals surface area (Å²) in [6.07, 6.45) is 11.6. The molecular weight excluding hydrogens is 360 g/mol. The normalized spacial score (nSPS) is 11.2. The quantitative estimate of drug-likeness (QED) is 0.250. The molecule has 0 radical (unpaired) electrons. The summed E-state index contributed by atoms with van der Waals surface area (Å²) >= 11 is 0. The van der Waals surface area contributed by atoms with Gasteiger partial charge in [0.1, 0.15) is 17.2 Å². The van der Waals surface area contributed by atoms with E-state index in [4.69, 9.17) is 0 Å². The first kappa shape index (κ1) is 21.0. The number of phenolic OH excluding ortho intramolecular Hbond substituents is 3. The molecular formula is C26H32O3. The Hall–Kier alpha value is -2.68. The first-order chi connectivity index (χ1) is 14.1. The van der Waals surface area contributed by atoms with Gasteiger partial charge in [-0.3, -0.25) is 0 Å². The summed E-state index contributed by atoms with van der Waals surface area (Å²) in [6.45, 7) is 2.25. The predicted octanol–water partition coefficient (Wildman–Crippen LogP) is 7.31. The molecule has 3 nitrogen and oxygen atoms in total. The van der Waals surface area contributed by atoms with Crippen molar-refractivity contribution in [3.63, 3.8) is 0 Å². The fraction of sp³-hybridized carbons (Fsp3) is 0.385. The van der Waals surface area contributed by atoms with E-state index >= 15 is 0 Å². The van der Waals surface area contributed by atoms with Crippen LogP contribution in [0.3, 0.4) is 0 Å². The second-order valence-electron chi connectivity index (χ2n) is 7.98. The second kappa shape index (κ2) is 10.2. The SMILES string of the molecule is CCCCCCCCCCc1ccc2cc(-c3cc(O)ccc3O)c(O)cc2c1. The molecule has 0 atom stereocenters. The van der Waals surface area contributed by atoms with Crippen molar-refractivity contribution in [2.45, 2.75) is 64.7 Å². The maximum absolute atomic E-state index is 10.5. The maximum atomic E-state index is 10.5. The zero-order valence-electron chi connectivity index (χ0n) is 17.3. The Morgan fingerprint density at radius 1 is 0.586 bits per heavy atom. The van der Waals surface area contributed by atoms with E-state index < -0.39 is 0 Å². The molecule has 0 spiro atoms. The van der Waals surface area contributed by atoms with E-state index in [9.17, 15) is 15.3 Å². The van der Waals surface area contributed by atoms with Crippen molar-refractivity contribution in [1.82, 2.24) is 0 Å². The number of fused-ring (bicyclic) bond motifs is 1. The third-order valence-corrected chi connectivity index (χ3v) is 5.61. The molecule has 0 saturated heterocycles. The van der Waals surface area contributed by atoms with Gasteiger partial charge in [-0.2, -0.15) is 0 Å². The highest BCUT2D eigenvalue weighted by Gasteiger charge is 2.12. The monoisotopic (exact) mass is 392 g/mol. The summed E-state index contributed by atoms with van der Waals surface area (Å²) in [5.41, 5.74) is 2.23. The number of aromatic hydroxyl groups is 3. The molecule has 3 aromatic rings. The molecule has 0 aliphatic rings. The van der Waals surface area contributed by atoms with Crippen LogP contribution >= 0.6 is 0 Å². The van der Waals surface area contributed by atoms with Crippen LogP contribution in [0.15, 0.2) is 48.5 Å². The third-order valence-electron chi connectivity index (χ3n) is 5.61. The third kappa shape index (κ3) is 5.66. The molecule has 0 aliphatic carbocycles. The molecule has 3 rings (SSSR count). The Morgan fingerprint density at radius 3 is 2.03 bits per heavy atom. The molecule has 0 aromatic heterocycles. The number of unbranched alkanes of at least 4 members (excludes halogenated alkanes) is 7. The first-order valence-corrected chi connectivity index (χ1v) is 10.9. The van der Waals surface area contributed by atoms with Crippen molar-refractivity contribution in [1.29, 1.82) is 0 Å². The summed E-state index contributed by atoms with van der Waals surface area (Å²) in [4.78, 5) is 0. The number of phenols is 3. The van der Waals surface area contributed by atoms with Crippen LogP contribution in [0.25, 0.3) is 21.9 Å². The lowest BCUT2D eigenvalue weighted by Crippen LogP contribution is -1.88. The summed E-state index contributed by atoms with van der Waals surface area (Å²) in [7, 11) is 0.